The first-order chi connectivity index (χ1) is 6.86. The summed E-state index contributed by atoms with van der Waals surface area (Å²) in [5, 5.41) is 4.03. The minimum atomic E-state index is 1.05. The predicted molar refractivity (Wildman–Crippen MR) is 57.4 cm³/mol. The van der Waals surface area contributed by atoms with Gasteiger partial charge in [0.2, 0.25) is 0 Å². The Labute approximate surface area is 84.4 Å². The summed E-state index contributed by atoms with van der Waals surface area (Å²) in [6, 6.07) is 8.13. The van der Waals surface area contributed by atoms with E-state index in [1.54, 1.807) is 11.0 Å². The highest BCUT2D eigenvalue weighted by Crippen LogP contribution is 2.06. The smallest absolute Gasteiger partial charge is 0.138 e. The highest BCUT2D eigenvalue weighted by molar-refractivity contribution is 5.33. The van der Waals surface area contributed by atoms with E-state index in [0.717, 1.165) is 5.69 Å². The van der Waals surface area contributed by atoms with Gasteiger partial charge in [-0.1, -0.05) is 26.0 Å². The number of nitrogens with zero attached hydrogens (tertiary/aromatic N) is 3. The van der Waals surface area contributed by atoms with E-state index in [1.807, 2.05) is 26.0 Å². The van der Waals surface area contributed by atoms with Crippen LogP contribution in [-0.4, -0.2) is 14.8 Å². The quantitative estimate of drug-likeness (QED) is 0.690. The lowest BCUT2D eigenvalue weighted by atomic mass is 10.2. The van der Waals surface area contributed by atoms with Crippen LogP contribution in [0.3, 0.4) is 0 Å². The second-order valence-corrected chi connectivity index (χ2v) is 2.68. The van der Waals surface area contributed by atoms with Crippen molar-refractivity contribution >= 4 is 0 Å². The molecule has 74 valence electrons. The summed E-state index contributed by atoms with van der Waals surface area (Å²) >= 11 is 0. The van der Waals surface area contributed by atoms with E-state index in [9.17, 15) is 0 Å². The molecule has 0 bridgehead atoms. The molecule has 14 heavy (non-hydrogen) atoms. The molecular weight excluding hydrogens is 174 g/mol. The van der Waals surface area contributed by atoms with Gasteiger partial charge in [-0.2, -0.15) is 5.10 Å². The van der Waals surface area contributed by atoms with E-state index in [4.69, 9.17) is 0 Å². The van der Waals surface area contributed by atoms with Crippen molar-refractivity contribution in [2.45, 2.75) is 20.8 Å². The van der Waals surface area contributed by atoms with Gasteiger partial charge in [0.15, 0.2) is 0 Å². The van der Waals surface area contributed by atoms with Crippen molar-refractivity contribution in [2.24, 2.45) is 0 Å². The van der Waals surface area contributed by atoms with Crippen molar-refractivity contribution in [2.75, 3.05) is 0 Å². The van der Waals surface area contributed by atoms with Crippen LogP contribution in [0.15, 0.2) is 36.9 Å². The average molecular weight is 189 g/mol. The fraction of sp³-hybridized carbons (Fsp3) is 0.273. The Balaban J connectivity index is 0.000000461. The summed E-state index contributed by atoms with van der Waals surface area (Å²) in [6.45, 7) is 6.06. The Morgan fingerprint density at radius 2 is 2.00 bits per heavy atom. The minimum Gasteiger partial charge on any atom is -0.223 e. The molecule has 0 spiro atoms. The van der Waals surface area contributed by atoms with Crippen LogP contribution in [0.2, 0.25) is 0 Å². The van der Waals surface area contributed by atoms with E-state index < -0.39 is 0 Å². The van der Waals surface area contributed by atoms with E-state index in [1.165, 1.54) is 11.9 Å². The molecule has 1 heterocycles. The monoisotopic (exact) mass is 189 g/mol. The molecule has 0 amide bonds. The molecule has 0 saturated carbocycles. The number of hydrogen-bond donors (Lipinski definition) is 0. The van der Waals surface area contributed by atoms with Crippen molar-refractivity contribution in [3.8, 4) is 5.69 Å². The van der Waals surface area contributed by atoms with Crippen molar-refractivity contribution < 1.29 is 0 Å². The van der Waals surface area contributed by atoms with Crippen molar-refractivity contribution in [3.05, 3.63) is 42.5 Å². The summed E-state index contributed by atoms with van der Waals surface area (Å²) < 4.78 is 1.74. The molecule has 1 aromatic carbocycles. The van der Waals surface area contributed by atoms with Crippen LogP contribution in [0, 0.1) is 6.92 Å². The molecule has 0 aliphatic rings. The molecule has 0 N–H and O–H groups in total. The molecule has 3 heteroatoms. The van der Waals surface area contributed by atoms with Crippen LogP contribution < -0.4 is 0 Å². The number of aromatic nitrogens is 3. The first kappa shape index (κ1) is 10.4. The van der Waals surface area contributed by atoms with Gasteiger partial charge in [0.25, 0.3) is 0 Å². The van der Waals surface area contributed by atoms with Crippen LogP contribution in [0.5, 0.6) is 0 Å². The number of rotatable bonds is 1. The lowest BCUT2D eigenvalue weighted by Gasteiger charge is -1.99. The van der Waals surface area contributed by atoms with Gasteiger partial charge in [-0.05, 0) is 24.6 Å². The molecule has 2 rings (SSSR count). The highest BCUT2D eigenvalue weighted by Gasteiger charge is 1.94. The summed E-state index contributed by atoms with van der Waals surface area (Å²) in [5.74, 6) is 0. The van der Waals surface area contributed by atoms with E-state index in [2.05, 4.69) is 29.1 Å². The molecule has 3 nitrogen and oxygen atoms in total. The lowest BCUT2D eigenvalue weighted by Crippen LogP contribution is -1.93. The van der Waals surface area contributed by atoms with Crippen LogP contribution in [0.4, 0.5) is 0 Å². The largest absolute Gasteiger partial charge is 0.223 e. The molecule has 0 saturated heterocycles. The van der Waals surface area contributed by atoms with Crippen molar-refractivity contribution in [3.63, 3.8) is 0 Å². The second kappa shape index (κ2) is 5.17. The van der Waals surface area contributed by atoms with Gasteiger partial charge in [-0.3, -0.25) is 0 Å². The first-order valence-corrected chi connectivity index (χ1v) is 4.78. The Morgan fingerprint density at radius 1 is 1.21 bits per heavy atom. The third-order valence-corrected chi connectivity index (χ3v) is 1.68. The maximum atomic E-state index is 4.03. The van der Waals surface area contributed by atoms with E-state index in [-0.39, 0.29) is 0 Å². The third-order valence-electron chi connectivity index (χ3n) is 1.68. The first-order valence-electron chi connectivity index (χ1n) is 4.78. The molecule has 1 aromatic heterocycles. The standard InChI is InChI=1S/C9H9N3.C2H6/c1-8-3-2-4-9(5-8)12-7-10-6-11-12;1-2/h2-7H,1H3;1-2H3. The van der Waals surface area contributed by atoms with Crippen LogP contribution in [-0.2, 0) is 0 Å². The summed E-state index contributed by atoms with van der Waals surface area (Å²) in [7, 11) is 0. The zero-order valence-corrected chi connectivity index (χ0v) is 8.81. The number of aryl methyl sites for hydroxylation is 1. The molecule has 0 radical (unpaired) electrons. The van der Waals surface area contributed by atoms with Gasteiger partial charge in [-0.25, -0.2) is 9.67 Å². The number of hydrogen-bond acceptors (Lipinski definition) is 2. The molecule has 2 aromatic rings. The fourth-order valence-electron chi connectivity index (χ4n) is 1.11. The fourth-order valence-corrected chi connectivity index (χ4v) is 1.11. The topological polar surface area (TPSA) is 30.7 Å². The maximum absolute atomic E-state index is 4.03. The molecule has 0 aliphatic heterocycles. The molecule has 0 aliphatic carbocycles. The molecular formula is C11H15N3. The Morgan fingerprint density at radius 3 is 2.57 bits per heavy atom. The van der Waals surface area contributed by atoms with Crippen LogP contribution >= 0.6 is 0 Å². The van der Waals surface area contributed by atoms with Crippen molar-refractivity contribution in [1.29, 1.82) is 0 Å². The Hall–Kier alpha value is -1.64. The zero-order valence-electron chi connectivity index (χ0n) is 8.81. The van der Waals surface area contributed by atoms with E-state index >= 15 is 0 Å². The third kappa shape index (κ3) is 2.42. The van der Waals surface area contributed by atoms with Gasteiger partial charge in [0, 0.05) is 0 Å². The van der Waals surface area contributed by atoms with E-state index in [0.29, 0.717) is 0 Å². The second-order valence-electron chi connectivity index (χ2n) is 2.68. The molecule has 0 atom stereocenters. The highest BCUT2D eigenvalue weighted by atomic mass is 15.3. The Kier molecular flexibility index (Phi) is 3.85. The minimum absolute atomic E-state index is 1.05. The summed E-state index contributed by atoms with van der Waals surface area (Å²) in [4.78, 5) is 3.88. The van der Waals surface area contributed by atoms with Gasteiger partial charge < -0.3 is 0 Å². The molecule has 0 unspecified atom stereocenters. The van der Waals surface area contributed by atoms with Gasteiger partial charge in [0.1, 0.15) is 12.7 Å². The lowest BCUT2D eigenvalue weighted by molar-refractivity contribution is 0.877. The average Bonchev–Trinajstić information content (AvgIpc) is 2.74. The zero-order chi connectivity index (χ0) is 10.4. The van der Waals surface area contributed by atoms with Crippen LogP contribution in [0.1, 0.15) is 19.4 Å². The van der Waals surface area contributed by atoms with Crippen molar-refractivity contribution in [1.82, 2.24) is 14.8 Å². The number of benzene rings is 1. The van der Waals surface area contributed by atoms with Gasteiger partial charge in [-0.15, -0.1) is 0 Å². The predicted octanol–water partition coefficient (Wildman–Crippen LogP) is 2.60. The van der Waals surface area contributed by atoms with Gasteiger partial charge >= 0.3 is 0 Å². The van der Waals surface area contributed by atoms with Gasteiger partial charge in [0.05, 0.1) is 5.69 Å². The Bertz CT molecular complexity index is 366. The maximum Gasteiger partial charge on any atom is 0.138 e. The normalized spacial score (nSPS) is 9.07. The summed E-state index contributed by atoms with van der Waals surface area (Å²) in [6.07, 6.45) is 3.22. The molecule has 0 fully saturated rings. The SMILES string of the molecule is CC.Cc1cccc(-n2cncn2)c1. The van der Waals surface area contributed by atoms with Crippen LogP contribution in [0.25, 0.3) is 5.69 Å². The summed E-state index contributed by atoms with van der Waals surface area (Å²) in [5.41, 5.74) is 2.27.